The van der Waals surface area contributed by atoms with Gasteiger partial charge in [0.1, 0.15) is 11.4 Å². The third kappa shape index (κ3) is 7.69. The van der Waals surface area contributed by atoms with Crippen molar-refractivity contribution in [3.8, 4) is 33.6 Å². The average molecular weight is 867 g/mol. The Kier molecular flexibility index (Phi) is 10.9. The van der Waals surface area contributed by atoms with Gasteiger partial charge in [-0.05, 0) is 70.1 Å². The molecule has 0 unspecified atom stereocenters. The molecule has 1 aliphatic carbocycles. The Morgan fingerprint density at radius 2 is 1.57 bits per heavy atom. The minimum absolute atomic E-state index is 0. The van der Waals surface area contributed by atoms with E-state index in [1.807, 2.05) is 73.1 Å². The largest absolute Gasteiger partial charge is 0.501 e. The van der Waals surface area contributed by atoms with Crippen LogP contribution in [0.25, 0.3) is 55.6 Å². The van der Waals surface area contributed by atoms with E-state index in [0.717, 1.165) is 50.0 Å². The van der Waals surface area contributed by atoms with E-state index in [2.05, 4.69) is 74.9 Å². The van der Waals surface area contributed by atoms with Crippen molar-refractivity contribution in [3.63, 3.8) is 0 Å². The van der Waals surface area contributed by atoms with E-state index in [4.69, 9.17) is 9.40 Å². The van der Waals surface area contributed by atoms with Gasteiger partial charge in [0.15, 0.2) is 0 Å². The predicted molar refractivity (Wildman–Crippen MR) is 208 cm³/mol. The molecule has 8 rings (SSSR count). The second-order valence-electron chi connectivity index (χ2n) is 15.0. The molecule has 0 aliphatic heterocycles. The first-order valence-corrected chi connectivity index (χ1v) is 21.1. The molecule has 0 spiro atoms. The van der Waals surface area contributed by atoms with Crippen LogP contribution in [0.5, 0.6) is 0 Å². The zero-order valence-electron chi connectivity index (χ0n) is 29.9. The molecule has 0 bridgehead atoms. The molecule has 4 aromatic carbocycles. The molecule has 1 radical (unpaired) electrons. The van der Waals surface area contributed by atoms with Crippen molar-refractivity contribution in [2.75, 3.05) is 0 Å². The minimum Gasteiger partial charge on any atom is -0.501 e. The maximum absolute atomic E-state index is 14.4. The number of benzene rings is 4. The van der Waals surface area contributed by atoms with Crippen LogP contribution in [0.3, 0.4) is 0 Å². The Morgan fingerprint density at radius 3 is 2.27 bits per heavy atom. The molecule has 1 aliphatic rings. The maximum Gasteiger partial charge on any atom is 0.131 e. The number of rotatable bonds is 6. The molecule has 1 fully saturated rings. The fourth-order valence-electron chi connectivity index (χ4n) is 7.20. The van der Waals surface area contributed by atoms with Gasteiger partial charge >= 0.3 is 0 Å². The minimum atomic E-state index is -1.23. The quantitative estimate of drug-likeness (QED) is 0.123. The summed E-state index contributed by atoms with van der Waals surface area (Å²) in [6.45, 7) is 11.7. The second-order valence-corrected chi connectivity index (χ2v) is 20.1. The van der Waals surface area contributed by atoms with Crippen LogP contribution in [-0.2, 0) is 25.5 Å². The third-order valence-corrected chi connectivity index (χ3v) is 12.4. The van der Waals surface area contributed by atoms with Gasteiger partial charge in [0, 0.05) is 43.4 Å². The average Bonchev–Trinajstić information content (AvgIpc) is 3.82. The zero-order valence-corrected chi connectivity index (χ0v) is 33.3. The van der Waals surface area contributed by atoms with Crippen LogP contribution >= 0.6 is 0 Å². The van der Waals surface area contributed by atoms with Crippen LogP contribution in [0.2, 0.25) is 19.6 Å². The molecular weight excluding hydrogens is 824 g/mol. The van der Waals surface area contributed by atoms with E-state index in [9.17, 15) is 4.39 Å². The van der Waals surface area contributed by atoms with E-state index in [-0.39, 0.29) is 31.3 Å². The molecule has 0 N–H and O–H groups in total. The summed E-state index contributed by atoms with van der Waals surface area (Å²) in [4.78, 5) is 9.22. The fourth-order valence-corrected chi connectivity index (χ4v) is 8.23. The number of pyridine rings is 2. The number of furan rings is 1. The van der Waals surface area contributed by atoms with Crippen LogP contribution < -0.4 is 5.19 Å². The van der Waals surface area contributed by atoms with Crippen molar-refractivity contribution < 1.29 is 28.9 Å². The second kappa shape index (κ2) is 15.2. The summed E-state index contributed by atoms with van der Waals surface area (Å²) in [7, 11) is -1.23. The Hall–Kier alpha value is -4.22. The van der Waals surface area contributed by atoms with Gasteiger partial charge in [0.25, 0.3) is 0 Å². The SMILES string of the molecule is CC(C)(c1ccnc(-c2[c-]ccc3c2oc2cc(-c4ccccc4F)ccc23)c1)C1CCCC1.C[Si](C)(C)c1ccc(-c2[c-]cccc2)nc1.[Ir]. The number of halogens is 1. The van der Waals surface area contributed by atoms with Gasteiger partial charge in [-0.15, -0.1) is 54.1 Å². The van der Waals surface area contributed by atoms with Crippen LogP contribution in [0, 0.1) is 23.9 Å². The van der Waals surface area contributed by atoms with Crippen molar-refractivity contribution in [2.45, 2.75) is 64.6 Å². The molecule has 7 aromatic rings. The zero-order chi connectivity index (χ0) is 34.9. The van der Waals surface area contributed by atoms with Crippen LogP contribution in [0.15, 0.2) is 120 Å². The first kappa shape index (κ1) is 36.6. The number of nitrogens with zero attached hydrogens (tertiary/aromatic N) is 2. The molecule has 51 heavy (non-hydrogen) atoms. The summed E-state index contributed by atoms with van der Waals surface area (Å²) in [5, 5.41) is 3.42. The summed E-state index contributed by atoms with van der Waals surface area (Å²) in [5.41, 5.74) is 8.09. The van der Waals surface area contributed by atoms with Gasteiger partial charge in [-0.1, -0.05) is 106 Å². The molecule has 6 heteroatoms. The van der Waals surface area contributed by atoms with E-state index in [1.54, 1.807) is 12.1 Å². The normalized spacial score (nSPS) is 13.5. The van der Waals surface area contributed by atoms with Crippen molar-refractivity contribution in [1.29, 1.82) is 0 Å². The molecule has 3 aromatic heterocycles. The van der Waals surface area contributed by atoms with Crippen molar-refractivity contribution >= 4 is 35.2 Å². The van der Waals surface area contributed by atoms with E-state index in [1.165, 1.54) is 42.5 Å². The number of fused-ring (bicyclic) bond motifs is 3. The van der Waals surface area contributed by atoms with Gasteiger partial charge in [-0.25, -0.2) is 4.39 Å². The topological polar surface area (TPSA) is 38.9 Å². The summed E-state index contributed by atoms with van der Waals surface area (Å²) < 4.78 is 20.7. The number of hydrogen-bond acceptors (Lipinski definition) is 3. The summed E-state index contributed by atoms with van der Waals surface area (Å²) in [5.74, 6) is 0.461. The maximum atomic E-state index is 14.4. The van der Waals surface area contributed by atoms with Crippen molar-refractivity contribution in [2.24, 2.45) is 5.92 Å². The molecule has 3 heterocycles. The monoisotopic (exact) mass is 867 g/mol. The summed E-state index contributed by atoms with van der Waals surface area (Å²) >= 11 is 0. The van der Waals surface area contributed by atoms with Gasteiger partial charge in [-0.3, -0.25) is 0 Å². The van der Waals surface area contributed by atoms with Crippen LogP contribution in [0.1, 0.15) is 45.1 Å². The third-order valence-electron chi connectivity index (χ3n) is 10.4. The van der Waals surface area contributed by atoms with Gasteiger partial charge < -0.3 is 14.4 Å². The van der Waals surface area contributed by atoms with Crippen LogP contribution in [0.4, 0.5) is 4.39 Å². The van der Waals surface area contributed by atoms with E-state index in [0.29, 0.717) is 11.5 Å². The number of hydrogen-bond donors (Lipinski definition) is 0. The van der Waals surface area contributed by atoms with Gasteiger partial charge in [0.2, 0.25) is 0 Å². The summed E-state index contributed by atoms with van der Waals surface area (Å²) in [6, 6.07) is 39.9. The molecule has 1 saturated carbocycles. The summed E-state index contributed by atoms with van der Waals surface area (Å²) in [6.07, 6.45) is 9.16. The van der Waals surface area contributed by atoms with Gasteiger partial charge in [-0.2, -0.15) is 0 Å². The Labute approximate surface area is 315 Å². The van der Waals surface area contributed by atoms with Crippen LogP contribution in [-0.4, -0.2) is 18.0 Å². The molecule has 0 atom stereocenters. The van der Waals surface area contributed by atoms with E-state index < -0.39 is 8.07 Å². The first-order valence-electron chi connectivity index (χ1n) is 17.6. The van der Waals surface area contributed by atoms with Gasteiger partial charge in [0.05, 0.1) is 13.7 Å². The Bertz CT molecular complexity index is 2250. The first-order chi connectivity index (χ1) is 24.1. The smallest absolute Gasteiger partial charge is 0.131 e. The molecular formula is C45H43FIrN2OSi-2. The fraction of sp³-hybridized carbons (Fsp3) is 0.244. The number of aromatic nitrogens is 2. The molecule has 3 nitrogen and oxygen atoms in total. The molecule has 0 saturated heterocycles. The Morgan fingerprint density at radius 1 is 0.784 bits per heavy atom. The van der Waals surface area contributed by atoms with Crippen molar-refractivity contribution in [3.05, 3.63) is 139 Å². The molecule has 261 valence electrons. The van der Waals surface area contributed by atoms with Crippen molar-refractivity contribution in [1.82, 2.24) is 9.97 Å². The predicted octanol–water partition coefficient (Wildman–Crippen LogP) is 11.8. The molecule has 0 amide bonds. The standard InChI is InChI=1S/C31H27FNO.C14H16NSi.Ir/c1-31(2,21-8-3-4-9-21)22-16-17-33-28(19-22)26-12-7-11-25-24-15-14-20(18-29(24)34-30(25)26)23-10-5-6-13-27(23)32;1-16(2,3)13-9-10-14(15-11-13)12-7-5-4-6-8-12;/h5-7,10-11,13-19,21H,3-4,8-9H2,1-2H3;4-7,9-11H,1-3H3;/q2*-1;. The van der Waals surface area contributed by atoms with E-state index >= 15 is 0 Å². The Balaban J connectivity index is 0.000000222.